The molecule has 1 saturated carbocycles. The molecule has 0 radical (unpaired) electrons. The summed E-state index contributed by atoms with van der Waals surface area (Å²) >= 11 is 1.78. The number of nitrogens with zero attached hydrogens (tertiary/aromatic N) is 1. The van der Waals surface area contributed by atoms with Crippen molar-refractivity contribution in [3.63, 3.8) is 0 Å². The van der Waals surface area contributed by atoms with Crippen molar-refractivity contribution in [1.29, 1.82) is 0 Å². The number of hydrogen-bond donors (Lipinski definition) is 1. The van der Waals surface area contributed by atoms with Crippen LogP contribution >= 0.6 is 11.3 Å². The Bertz CT molecular complexity index is 312. The zero-order chi connectivity index (χ0) is 13.9. The summed E-state index contributed by atoms with van der Waals surface area (Å²) in [5, 5.41) is 7.12. The summed E-state index contributed by atoms with van der Waals surface area (Å²) in [6.45, 7) is 1.10. The fourth-order valence-electron chi connectivity index (χ4n) is 3.13. The zero-order valence-corrected chi connectivity index (χ0v) is 13.6. The van der Waals surface area contributed by atoms with Gasteiger partial charge < -0.3 is 5.32 Å². The van der Waals surface area contributed by atoms with Crippen molar-refractivity contribution >= 4 is 11.3 Å². The van der Waals surface area contributed by atoms with E-state index in [9.17, 15) is 0 Å². The molecule has 0 bridgehead atoms. The molecule has 1 heterocycles. The van der Waals surface area contributed by atoms with E-state index < -0.39 is 0 Å². The summed E-state index contributed by atoms with van der Waals surface area (Å²) in [7, 11) is 0. The van der Waals surface area contributed by atoms with E-state index in [1.165, 1.54) is 75.6 Å². The first-order valence-corrected chi connectivity index (χ1v) is 9.45. The zero-order valence-electron chi connectivity index (χ0n) is 12.8. The van der Waals surface area contributed by atoms with Gasteiger partial charge in [0, 0.05) is 30.6 Å². The molecule has 0 atom stereocenters. The van der Waals surface area contributed by atoms with Crippen LogP contribution in [0.3, 0.4) is 0 Å². The third-order valence-electron chi connectivity index (χ3n) is 4.36. The number of nitrogens with one attached hydrogen (secondary N) is 1. The molecule has 2 nitrogen and oxygen atoms in total. The molecule has 0 spiro atoms. The van der Waals surface area contributed by atoms with E-state index in [2.05, 4.69) is 15.7 Å². The average Bonchev–Trinajstić information content (AvgIpc) is 2.94. The summed E-state index contributed by atoms with van der Waals surface area (Å²) in [6, 6.07) is 0.745. The second-order valence-corrected chi connectivity index (χ2v) is 7.07. The van der Waals surface area contributed by atoms with Gasteiger partial charge in [-0.15, -0.1) is 11.3 Å². The summed E-state index contributed by atoms with van der Waals surface area (Å²) in [6.07, 6.45) is 18.7. The number of rotatable bonds is 4. The highest BCUT2D eigenvalue weighted by molar-refractivity contribution is 7.09. The average molecular weight is 295 g/mol. The highest BCUT2D eigenvalue weighted by atomic mass is 32.1. The molecule has 1 aromatic heterocycles. The maximum Gasteiger partial charge on any atom is 0.0937 e. The number of thiazole rings is 1. The number of hydrogen-bond acceptors (Lipinski definition) is 3. The SMILES string of the molecule is c1csc(CCNC2CCCCCCCCCCC2)n1. The normalized spacial score (nSPS) is 20.2. The molecule has 0 aliphatic heterocycles. The van der Waals surface area contributed by atoms with Gasteiger partial charge in [-0.1, -0.05) is 57.8 Å². The van der Waals surface area contributed by atoms with Gasteiger partial charge >= 0.3 is 0 Å². The first-order valence-electron chi connectivity index (χ1n) is 8.57. The Balaban J connectivity index is 1.65. The minimum atomic E-state index is 0.745. The van der Waals surface area contributed by atoms with E-state index in [0.29, 0.717) is 0 Å². The second kappa shape index (κ2) is 10.3. The highest BCUT2D eigenvalue weighted by Gasteiger charge is 2.09. The molecule has 3 heteroatoms. The molecule has 1 aliphatic carbocycles. The van der Waals surface area contributed by atoms with E-state index in [-0.39, 0.29) is 0 Å². The van der Waals surface area contributed by atoms with Gasteiger partial charge in [-0.2, -0.15) is 0 Å². The molecule has 1 fully saturated rings. The van der Waals surface area contributed by atoms with Crippen LogP contribution < -0.4 is 5.32 Å². The lowest BCUT2D eigenvalue weighted by atomic mass is 9.98. The van der Waals surface area contributed by atoms with Crippen molar-refractivity contribution in [2.24, 2.45) is 0 Å². The lowest BCUT2D eigenvalue weighted by Crippen LogP contribution is -2.31. The molecule has 20 heavy (non-hydrogen) atoms. The van der Waals surface area contributed by atoms with Crippen molar-refractivity contribution in [2.75, 3.05) is 6.54 Å². The van der Waals surface area contributed by atoms with Gasteiger partial charge in [0.15, 0.2) is 0 Å². The minimum Gasteiger partial charge on any atom is -0.314 e. The van der Waals surface area contributed by atoms with Crippen LogP contribution in [-0.4, -0.2) is 17.6 Å². The maximum atomic E-state index is 4.36. The van der Waals surface area contributed by atoms with Crippen LogP contribution in [0.15, 0.2) is 11.6 Å². The fraction of sp³-hybridized carbons (Fsp3) is 0.824. The molecule has 2 rings (SSSR count). The maximum absolute atomic E-state index is 4.36. The second-order valence-electron chi connectivity index (χ2n) is 6.09. The molecule has 0 aromatic carbocycles. The molecular weight excluding hydrogens is 264 g/mol. The van der Waals surface area contributed by atoms with Crippen molar-refractivity contribution in [1.82, 2.24) is 10.3 Å². The molecule has 0 saturated heterocycles. The van der Waals surface area contributed by atoms with Crippen molar-refractivity contribution < 1.29 is 0 Å². The summed E-state index contributed by atoms with van der Waals surface area (Å²) in [4.78, 5) is 4.36. The topological polar surface area (TPSA) is 24.9 Å². The fourth-order valence-corrected chi connectivity index (χ4v) is 3.75. The molecule has 0 unspecified atom stereocenters. The van der Waals surface area contributed by atoms with Gasteiger partial charge in [-0.25, -0.2) is 4.98 Å². The van der Waals surface area contributed by atoms with Crippen LogP contribution in [0.2, 0.25) is 0 Å². The lowest BCUT2D eigenvalue weighted by Gasteiger charge is -2.19. The summed E-state index contributed by atoms with van der Waals surface area (Å²) < 4.78 is 0. The van der Waals surface area contributed by atoms with Crippen LogP contribution in [0.1, 0.15) is 75.6 Å². The Morgan fingerprint density at radius 3 is 2.10 bits per heavy atom. The molecular formula is C17H30N2S. The Morgan fingerprint density at radius 1 is 0.950 bits per heavy atom. The van der Waals surface area contributed by atoms with Crippen LogP contribution in [0.4, 0.5) is 0 Å². The van der Waals surface area contributed by atoms with E-state index >= 15 is 0 Å². The Kier molecular flexibility index (Phi) is 8.25. The van der Waals surface area contributed by atoms with Gasteiger partial charge in [0.2, 0.25) is 0 Å². The Morgan fingerprint density at radius 2 is 1.55 bits per heavy atom. The third kappa shape index (κ3) is 6.85. The van der Waals surface area contributed by atoms with E-state index in [1.807, 2.05) is 6.20 Å². The van der Waals surface area contributed by atoms with Gasteiger partial charge in [0.1, 0.15) is 0 Å². The lowest BCUT2D eigenvalue weighted by molar-refractivity contribution is 0.406. The van der Waals surface area contributed by atoms with Gasteiger partial charge in [-0.05, 0) is 12.8 Å². The van der Waals surface area contributed by atoms with Crippen LogP contribution in [-0.2, 0) is 6.42 Å². The van der Waals surface area contributed by atoms with Crippen molar-refractivity contribution in [3.8, 4) is 0 Å². The number of aromatic nitrogens is 1. The first-order chi connectivity index (χ1) is 9.95. The predicted octanol–water partition coefficient (Wildman–Crippen LogP) is 4.95. The molecule has 1 aromatic rings. The first kappa shape index (κ1) is 16.0. The largest absolute Gasteiger partial charge is 0.314 e. The molecule has 114 valence electrons. The Hall–Kier alpha value is -0.410. The van der Waals surface area contributed by atoms with E-state index in [4.69, 9.17) is 0 Å². The molecule has 1 N–H and O–H groups in total. The van der Waals surface area contributed by atoms with Crippen molar-refractivity contribution in [2.45, 2.75) is 83.1 Å². The third-order valence-corrected chi connectivity index (χ3v) is 5.20. The summed E-state index contributed by atoms with van der Waals surface area (Å²) in [5.41, 5.74) is 0. The predicted molar refractivity (Wildman–Crippen MR) is 88.4 cm³/mol. The monoisotopic (exact) mass is 294 g/mol. The molecule has 1 aliphatic rings. The molecule has 0 amide bonds. The van der Waals surface area contributed by atoms with Crippen LogP contribution in [0, 0.1) is 0 Å². The van der Waals surface area contributed by atoms with Gasteiger partial charge in [0.05, 0.1) is 5.01 Å². The van der Waals surface area contributed by atoms with Crippen LogP contribution in [0.5, 0.6) is 0 Å². The quantitative estimate of drug-likeness (QED) is 0.850. The van der Waals surface area contributed by atoms with Crippen LogP contribution in [0.25, 0.3) is 0 Å². The van der Waals surface area contributed by atoms with Gasteiger partial charge in [0.25, 0.3) is 0 Å². The smallest absolute Gasteiger partial charge is 0.0937 e. The standard InChI is InChI=1S/C17H30N2S/c1-2-4-6-8-10-16(11-9-7-5-3-1)18-13-12-17-19-14-15-20-17/h14-16,18H,1-13H2. The van der Waals surface area contributed by atoms with E-state index in [0.717, 1.165) is 19.0 Å². The van der Waals surface area contributed by atoms with Gasteiger partial charge in [-0.3, -0.25) is 0 Å². The Labute approximate surface area is 128 Å². The summed E-state index contributed by atoms with van der Waals surface area (Å²) in [5.74, 6) is 0. The van der Waals surface area contributed by atoms with Crippen molar-refractivity contribution in [3.05, 3.63) is 16.6 Å². The van der Waals surface area contributed by atoms with E-state index in [1.54, 1.807) is 11.3 Å². The highest BCUT2D eigenvalue weighted by Crippen LogP contribution is 2.17. The minimum absolute atomic E-state index is 0.745.